The molecule has 0 atom stereocenters. The van der Waals surface area contributed by atoms with Crippen LogP contribution in [-0.4, -0.2) is 10.8 Å². The van der Waals surface area contributed by atoms with Crippen LogP contribution in [0.15, 0.2) is 0 Å². The number of aryl methyl sites for hydroxylation is 1. The van der Waals surface area contributed by atoms with E-state index in [-0.39, 0.29) is 0 Å². The zero-order valence-electron chi connectivity index (χ0n) is 8.94. The Balaban J connectivity index is 2.50. The monoisotopic (exact) mass is 191 g/mol. The molecule has 0 aromatic carbocycles. The van der Waals surface area contributed by atoms with E-state index in [0.29, 0.717) is 5.78 Å². The number of rotatable bonds is 1. The summed E-state index contributed by atoms with van der Waals surface area (Å²) >= 11 is 0. The molecule has 1 N–H and O–H groups in total. The maximum absolute atomic E-state index is 11.8. The van der Waals surface area contributed by atoms with E-state index < -0.39 is 0 Å². The lowest BCUT2D eigenvalue weighted by Gasteiger charge is -1.98. The number of hydrogen-bond acceptors (Lipinski definition) is 1. The van der Waals surface area contributed by atoms with Crippen molar-refractivity contribution in [2.24, 2.45) is 0 Å². The van der Waals surface area contributed by atoms with Gasteiger partial charge >= 0.3 is 0 Å². The number of aromatic nitrogens is 1. The number of nitrogens with one attached hydrogen (secondary N) is 1. The Hall–Kier alpha value is -1.05. The minimum atomic E-state index is 0.306. The predicted octanol–water partition coefficient (Wildman–Crippen LogP) is 2.79. The smallest absolute Gasteiger partial charge is 0.179 e. The normalized spacial score (nSPS) is 16.6. The molecule has 2 rings (SSSR count). The number of H-pyrrole nitrogens is 1. The van der Waals surface area contributed by atoms with Crippen LogP contribution in [0.5, 0.6) is 0 Å². The fourth-order valence-corrected chi connectivity index (χ4v) is 2.31. The van der Waals surface area contributed by atoms with Gasteiger partial charge in [-0.2, -0.15) is 0 Å². The van der Waals surface area contributed by atoms with Crippen LogP contribution in [0.4, 0.5) is 0 Å². The first-order valence-electron chi connectivity index (χ1n) is 5.47. The molecule has 0 aliphatic heterocycles. The Labute approximate surface area is 84.7 Å². The van der Waals surface area contributed by atoms with Crippen LogP contribution in [0.25, 0.3) is 0 Å². The van der Waals surface area contributed by atoms with Gasteiger partial charge in [0.25, 0.3) is 0 Å². The van der Waals surface area contributed by atoms with Crippen LogP contribution in [-0.2, 0) is 12.8 Å². The van der Waals surface area contributed by atoms with Gasteiger partial charge in [0.2, 0.25) is 0 Å². The maximum Gasteiger partial charge on any atom is 0.179 e. The first kappa shape index (κ1) is 9.50. The quantitative estimate of drug-likeness (QED) is 0.680. The summed E-state index contributed by atoms with van der Waals surface area (Å²) in [6.45, 7) is 4.26. The van der Waals surface area contributed by atoms with Crippen molar-refractivity contribution >= 4 is 5.78 Å². The molecule has 0 spiro atoms. The number of carbonyl (C=O) groups excluding carboxylic acids is 1. The van der Waals surface area contributed by atoms with Crippen molar-refractivity contribution in [3.05, 3.63) is 22.5 Å². The molecule has 1 aliphatic rings. The third kappa shape index (κ3) is 1.39. The average Bonchev–Trinajstić information content (AvgIpc) is 2.38. The van der Waals surface area contributed by atoms with Crippen LogP contribution in [0.2, 0.25) is 0 Å². The molecule has 0 fully saturated rings. The molecule has 76 valence electrons. The lowest BCUT2D eigenvalue weighted by molar-refractivity contribution is 0.0977. The number of ketones is 1. The second kappa shape index (κ2) is 3.60. The van der Waals surface area contributed by atoms with Crippen molar-refractivity contribution in [1.29, 1.82) is 0 Å². The Kier molecular flexibility index (Phi) is 2.44. The van der Waals surface area contributed by atoms with Crippen LogP contribution < -0.4 is 0 Å². The van der Waals surface area contributed by atoms with Crippen LogP contribution in [0.1, 0.15) is 53.5 Å². The van der Waals surface area contributed by atoms with Crippen molar-refractivity contribution < 1.29 is 4.79 Å². The first-order valence-corrected chi connectivity index (χ1v) is 5.47. The third-order valence-electron chi connectivity index (χ3n) is 3.20. The van der Waals surface area contributed by atoms with Crippen LogP contribution in [0.3, 0.4) is 0 Å². The highest BCUT2D eigenvalue weighted by Gasteiger charge is 2.20. The van der Waals surface area contributed by atoms with Gasteiger partial charge in [-0.3, -0.25) is 4.79 Å². The van der Waals surface area contributed by atoms with Gasteiger partial charge in [-0.25, -0.2) is 0 Å². The summed E-state index contributed by atoms with van der Waals surface area (Å²) in [7, 11) is 0. The Morgan fingerprint density at radius 1 is 1.29 bits per heavy atom. The summed E-state index contributed by atoms with van der Waals surface area (Å²) in [6.07, 6.45) is 4.98. The number of Topliss-reactive ketones (excluding diaryl/α,β-unsaturated/α-hetero) is 1. The first-order chi connectivity index (χ1) is 6.74. The van der Waals surface area contributed by atoms with Gasteiger partial charge in [-0.05, 0) is 43.7 Å². The summed E-state index contributed by atoms with van der Waals surface area (Å²) in [5.41, 5.74) is 4.74. The zero-order chi connectivity index (χ0) is 10.1. The summed E-state index contributed by atoms with van der Waals surface area (Å²) in [6, 6.07) is 0. The number of carbonyl (C=O) groups is 1. The molecule has 0 radical (unpaired) electrons. The largest absolute Gasteiger partial charge is 0.356 e. The zero-order valence-corrected chi connectivity index (χ0v) is 8.94. The minimum absolute atomic E-state index is 0.306. The topological polar surface area (TPSA) is 32.9 Å². The Morgan fingerprint density at radius 3 is 2.71 bits per heavy atom. The van der Waals surface area contributed by atoms with Gasteiger partial charge in [0, 0.05) is 12.1 Å². The van der Waals surface area contributed by atoms with Crippen LogP contribution >= 0.6 is 0 Å². The second-order valence-electron chi connectivity index (χ2n) is 4.07. The highest BCUT2D eigenvalue weighted by atomic mass is 16.1. The summed E-state index contributed by atoms with van der Waals surface area (Å²) in [5.74, 6) is 0.306. The second-order valence-corrected chi connectivity index (χ2v) is 4.07. The van der Waals surface area contributed by atoms with Crippen molar-refractivity contribution in [2.45, 2.75) is 46.0 Å². The van der Waals surface area contributed by atoms with E-state index in [0.717, 1.165) is 37.8 Å². The molecule has 1 aromatic rings. The highest BCUT2D eigenvalue weighted by molar-refractivity contribution is 5.96. The molecule has 2 heteroatoms. The van der Waals surface area contributed by atoms with Crippen molar-refractivity contribution in [3.63, 3.8) is 0 Å². The van der Waals surface area contributed by atoms with Crippen LogP contribution in [0, 0.1) is 6.92 Å². The van der Waals surface area contributed by atoms with E-state index in [4.69, 9.17) is 0 Å². The molecule has 0 amide bonds. The predicted molar refractivity (Wildman–Crippen MR) is 56.8 cm³/mol. The fourth-order valence-electron chi connectivity index (χ4n) is 2.31. The molecule has 0 saturated heterocycles. The van der Waals surface area contributed by atoms with E-state index in [1.165, 1.54) is 16.8 Å². The molecular weight excluding hydrogens is 174 g/mol. The van der Waals surface area contributed by atoms with Gasteiger partial charge in [-0.15, -0.1) is 0 Å². The Morgan fingerprint density at radius 2 is 2.00 bits per heavy atom. The third-order valence-corrected chi connectivity index (χ3v) is 3.20. The molecule has 0 bridgehead atoms. The van der Waals surface area contributed by atoms with Gasteiger partial charge in [0.15, 0.2) is 5.78 Å². The number of aromatic amines is 1. The van der Waals surface area contributed by atoms with E-state index in [1.807, 2.05) is 0 Å². The molecule has 1 aliphatic carbocycles. The van der Waals surface area contributed by atoms with Gasteiger partial charge < -0.3 is 4.98 Å². The maximum atomic E-state index is 11.8. The summed E-state index contributed by atoms with van der Waals surface area (Å²) in [5, 5.41) is 0. The SMILES string of the molecule is CCc1[nH]c2c(c1C)CCCCC2=O. The molecular formula is C12H17NO. The van der Waals surface area contributed by atoms with E-state index >= 15 is 0 Å². The van der Waals surface area contributed by atoms with E-state index in [2.05, 4.69) is 18.8 Å². The van der Waals surface area contributed by atoms with E-state index in [9.17, 15) is 4.79 Å². The molecule has 1 aromatic heterocycles. The molecule has 1 heterocycles. The summed E-state index contributed by atoms with van der Waals surface area (Å²) in [4.78, 5) is 15.0. The molecule has 2 nitrogen and oxygen atoms in total. The van der Waals surface area contributed by atoms with Gasteiger partial charge in [0.05, 0.1) is 5.69 Å². The number of fused-ring (bicyclic) bond motifs is 1. The number of hydrogen-bond donors (Lipinski definition) is 1. The lowest BCUT2D eigenvalue weighted by Crippen LogP contribution is -1.99. The van der Waals surface area contributed by atoms with Crippen molar-refractivity contribution in [2.75, 3.05) is 0 Å². The van der Waals surface area contributed by atoms with Crippen molar-refractivity contribution in [3.8, 4) is 0 Å². The summed E-state index contributed by atoms with van der Waals surface area (Å²) < 4.78 is 0. The average molecular weight is 191 g/mol. The lowest BCUT2D eigenvalue weighted by atomic mass is 10.0. The molecule has 14 heavy (non-hydrogen) atoms. The van der Waals surface area contributed by atoms with Gasteiger partial charge in [-0.1, -0.05) is 6.92 Å². The standard InChI is InChI=1S/C12H17NO/c1-3-10-8(2)9-6-4-5-7-11(14)12(9)13-10/h13H,3-7H2,1-2H3. The fraction of sp³-hybridized carbons (Fsp3) is 0.583. The van der Waals surface area contributed by atoms with E-state index in [1.54, 1.807) is 0 Å². The molecule has 0 unspecified atom stereocenters. The molecule has 0 saturated carbocycles. The minimum Gasteiger partial charge on any atom is -0.356 e. The van der Waals surface area contributed by atoms with Crippen molar-refractivity contribution in [1.82, 2.24) is 4.98 Å². The van der Waals surface area contributed by atoms with Gasteiger partial charge in [0.1, 0.15) is 0 Å². The highest BCUT2D eigenvalue weighted by Crippen LogP contribution is 2.25. The Bertz CT molecular complexity index is 363.